The highest BCUT2D eigenvalue weighted by Crippen LogP contribution is 2.31. The van der Waals surface area contributed by atoms with Crippen LogP contribution in [0.3, 0.4) is 0 Å². The quantitative estimate of drug-likeness (QED) is 0.897. The van der Waals surface area contributed by atoms with Gasteiger partial charge in [0.1, 0.15) is 17.8 Å². The summed E-state index contributed by atoms with van der Waals surface area (Å²) in [6.45, 7) is 2.11. The number of halogens is 1. The first-order chi connectivity index (χ1) is 11.6. The highest BCUT2D eigenvalue weighted by molar-refractivity contribution is 5.78. The molecule has 24 heavy (non-hydrogen) atoms. The monoisotopic (exact) mass is 330 g/mol. The third-order valence-electron chi connectivity index (χ3n) is 4.56. The first kappa shape index (κ1) is 16.4. The second kappa shape index (κ2) is 7.00. The SMILES string of the molecule is CN1CCC(N(C)c2ncnc(Nc3ccccc3F)c2N)CC1. The molecule has 6 nitrogen and oxygen atoms in total. The molecular formula is C17H23FN6. The number of nitrogens with one attached hydrogen (secondary N) is 1. The summed E-state index contributed by atoms with van der Waals surface area (Å²) in [6, 6.07) is 6.83. The third kappa shape index (κ3) is 3.41. The molecule has 1 aromatic carbocycles. The fourth-order valence-corrected chi connectivity index (χ4v) is 3.01. The Kier molecular flexibility index (Phi) is 4.80. The number of hydrogen-bond acceptors (Lipinski definition) is 6. The van der Waals surface area contributed by atoms with Crippen molar-refractivity contribution in [1.82, 2.24) is 14.9 Å². The lowest BCUT2D eigenvalue weighted by Gasteiger charge is -2.36. The lowest BCUT2D eigenvalue weighted by atomic mass is 10.0. The summed E-state index contributed by atoms with van der Waals surface area (Å²) in [7, 11) is 4.13. The first-order valence-electron chi connectivity index (χ1n) is 8.09. The summed E-state index contributed by atoms with van der Waals surface area (Å²) in [4.78, 5) is 12.9. The smallest absolute Gasteiger partial charge is 0.159 e. The van der Waals surface area contributed by atoms with Crippen LogP contribution in [-0.2, 0) is 0 Å². The van der Waals surface area contributed by atoms with Gasteiger partial charge >= 0.3 is 0 Å². The summed E-state index contributed by atoms with van der Waals surface area (Å²) < 4.78 is 13.8. The van der Waals surface area contributed by atoms with Gasteiger partial charge in [-0.05, 0) is 45.1 Å². The van der Waals surface area contributed by atoms with Gasteiger partial charge in [0.2, 0.25) is 0 Å². The fourth-order valence-electron chi connectivity index (χ4n) is 3.01. The third-order valence-corrected chi connectivity index (χ3v) is 4.56. The molecule has 1 aliphatic heterocycles. The average molecular weight is 330 g/mol. The van der Waals surface area contributed by atoms with Crippen molar-refractivity contribution < 1.29 is 4.39 Å². The average Bonchev–Trinajstić information content (AvgIpc) is 2.59. The van der Waals surface area contributed by atoms with Crippen LogP contribution < -0.4 is 16.0 Å². The molecule has 128 valence electrons. The van der Waals surface area contributed by atoms with E-state index < -0.39 is 0 Å². The normalized spacial score (nSPS) is 16.1. The molecule has 0 saturated carbocycles. The lowest BCUT2D eigenvalue weighted by molar-refractivity contribution is 0.252. The molecule has 3 rings (SSSR count). The molecule has 7 heteroatoms. The largest absolute Gasteiger partial charge is 0.393 e. The van der Waals surface area contributed by atoms with Crippen molar-refractivity contribution in [2.24, 2.45) is 0 Å². The van der Waals surface area contributed by atoms with Gasteiger partial charge in [-0.25, -0.2) is 14.4 Å². The van der Waals surface area contributed by atoms with Gasteiger partial charge in [-0.3, -0.25) is 0 Å². The molecule has 0 amide bonds. The summed E-state index contributed by atoms with van der Waals surface area (Å²) in [5, 5.41) is 2.96. The van der Waals surface area contributed by atoms with Gasteiger partial charge in [-0.15, -0.1) is 0 Å². The zero-order valence-corrected chi connectivity index (χ0v) is 14.0. The number of nitrogen functional groups attached to an aromatic ring is 1. The van der Waals surface area contributed by atoms with Gasteiger partial charge in [0.15, 0.2) is 11.6 Å². The molecule has 2 heterocycles. The minimum Gasteiger partial charge on any atom is -0.393 e. The van der Waals surface area contributed by atoms with E-state index in [-0.39, 0.29) is 5.82 Å². The van der Waals surface area contributed by atoms with Crippen LogP contribution in [0.2, 0.25) is 0 Å². The van der Waals surface area contributed by atoms with Crippen molar-refractivity contribution >= 4 is 23.0 Å². The van der Waals surface area contributed by atoms with Crippen LogP contribution in [-0.4, -0.2) is 48.1 Å². The summed E-state index contributed by atoms with van der Waals surface area (Å²) in [6.07, 6.45) is 3.58. The topological polar surface area (TPSA) is 70.3 Å². The maximum atomic E-state index is 13.8. The zero-order chi connectivity index (χ0) is 17.1. The molecule has 0 radical (unpaired) electrons. The summed E-state index contributed by atoms with van der Waals surface area (Å²) in [5.74, 6) is 0.754. The molecule has 1 aromatic heterocycles. The number of nitrogens with zero attached hydrogens (tertiary/aromatic N) is 4. The van der Waals surface area contributed by atoms with Gasteiger partial charge in [-0.1, -0.05) is 12.1 Å². The number of hydrogen-bond donors (Lipinski definition) is 2. The van der Waals surface area contributed by atoms with Crippen LogP contribution in [0.1, 0.15) is 12.8 Å². The Morgan fingerprint density at radius 3 is 2.67 bits per heavy atom. The van der Waals surface area contributed by atoms with Crippen LogP contribution >= 0.6 is 0 Å². The van der Waals surface area contributed by atoms with Crippen molar-refractivity contribution in [3.05, 3.63) is 36.4 Å². The number of anilines is 4. The van der Waals surface area contributed by atoms with E-state index in [4.69, 9.17) is 5.73 Å². The molecule has 0 spiro atoms. The van der Waals surface area contributed by atoms with E-state index in [0.29, 0.717) is 29.1 Å². The Morgan fingerprint density at radius 2 is 1.96 bits per heavy atom. The van der Waals surface area contributed by atoms with Gasteiger partial charge in [0.25, 0.3) is 0 Å². The number of benzene rings is 1. The van der Waals surface area contributed by atoms with Gasteiger partial charge in [0, 0.05) is 13.1 Å². The van der Waals surface area contributed by atoms with Gasteiger partial charge in [0.05, 0.1) is 5.69 Å². The highest BCUT2D eigenvalue weighted by atomic mass is 19.1. The van der Waals surface area contributed by atoms with Crippen molar-refractivity contribution in [3.8, 4) is 0 Å². The minimum atomic E-state index is -0.347. The maximum Gasteiger partial charge on any atom is 0.159 e. The van der Waals surface area contributed by atoms with Crippen LogP contribution in [0.25, 0.3) is 0 Å². The number of piperidine rings is 1. The second-order valence-corrected chi connectivity index (χ2v) is 6.21. The van der Waals surface area contributed by atoms with E-state index in [2.05, 4.69) is 32.1 Å². The standard InChI is InChI=1S/C17H23FN6/c1-23-9-7-12(8-10-23)24(2)17-15(19)16(20-11-21-17)22-14-6-4-3-5-13(14)18/h3-6,11-12H,7-10,19H2,1-2H3,(H,20,21,22). The molecular weight excluding hydrogens is 307 g/mol. The molecule has 1 aliphatic rings. The van der Waals surface area contributed by atoms with Gasteiger partial charge in [-0.2, -0.15) is 0 Å². The van der Waals surface area contributed by atoms with E-state index in [1.54, 1.807) is 18.2 Å². The number of nitrogens with two attached hydrogens (primary N) is 1. The molecule has 0 unspecified atom stereocenters. The summed E-state index contributed by atoms with van der Waals surface area (Å²) in [5.41, 5.74) is 7.03. The Labute approximate surface area is 141 Å². The van der Waals surface area contributed by atoms with E-state index >= 15 is 0 Å². The van der Waals surface area contributed by atoms with E-state index in [9.17, 15) is 4.39 Å². The second-order valence-electron chi connectivity index (χ2n) is 6.21. The number of para-hydroxylation sites is 1. The predicted molar refractivity (Wildman–Crippen MR) is 95.0 cm³/mol. The number of likely N-dealkylation sites (tertiary alicyclic amines) is 1. The molecule has 0 aliphatic carbocycles. The highest BCUT2D eigenvalue weighted by Gasteiger charge is 2.24. The van der Waals surface area contributed by atoms with Crippen molar-refractivity contribution in [3.63, 3.8) is 0 Å². The van der Waals surface area contributed by atoms with Crippen molar-refractivity contribution in [2.75, 3.05) is 43.1 Å². The molecule has 0 bridgehead atoms. The van der Waals surface area contributed by atoms with Crippen LogP contribution in [0.5, 0.6) is 0 Å². The zero-order valence-electron chi connectivity index (χ0n) is 14.0. The predicted octanol–water partition coefficient (Wildman–Crippen LogP) is 2.47. The van der Waals surface area contributed by atoms with Gasteiger partial charge < -0.3 is 20.9 Å². The Balaban J connectivity index is 1.81. The molecule has 0 atom stereocenters. The minimum absolute atomic E-state index is 0.343. The van der Waals surface area contributed by atoms with Crippen LogP contribution in [0.15, 0.2) is 30.6 Å². The fraction of sp³-hybridized carbons (Fsp3) is 0.412. The van der Waals surface area contributed by atoms with E-state index in [0.717, 1.165) is 25.9 Å². The summed E-state index contributed by atoms with van der Waals surface area (Å²) >= 11 is 0. The Morgan fingerprint density at radius 1 is 1.25 bits per heavy atom. The maximum absolute atomic E-state index is 13.8. The molecule has 1 saturated heterocycles. The van der Waals surface area contributed by atoms with E-state index in [1.807, 2.05) is 7.05 Å². The Bertz CT molecular complexity index is 699. The molecule has 3 N–H and O–H groups in total. The van der Waals surface area contributed by atoms with Crippen molar-refractivity contribution in [1.29, 1.82) is 0 Å². The van der Waals surface area contributed by atoms with Crippen LogP contribution in [0, 0.1) is 5.82 Å². The lowest BCUT2D eigenvalue weighted by Crippen LogP contribution is -2.42. The van der Waals surface area contributed by atoms with E-state index in [1.165, 1.54) is 12.4 Å². The molecule has 2 aromatic rings. The number of aromatic nitrogens is 2. The van der Waals surface area contributed by atoms with Crippen molar-refractivity contribution in [2.45, 2.75) is 18.9 Å². The Hall–Kier alpha value is -2.41. The molecule has 1 fully saturated rings. The first-order valence-corrected chi connectivity index (χ1v) is 8.09. The van der Waals surface area contributed by atoms with Crippen LogP contribution in [0.4, 0.5) is 27.4 Å². The number of rotatable bonds is 4.